The van der Waals surface area contributed by atoms with Crippen LogP contribution < -0.4 is 0 Å². The Labute approximate surface area is 75.9 Å². The molecule has 0 atom stereocenters. The van der Waals surface area contributed by atoms with Gasteiger partial charge in [0.05, 0.1) is 0 Å². The lowest BCUT2D eigenvalue weighted by molar-refractivity contribution is 0.476. The predicted molar refractivity (Wildman–Crippen MR) is 51.7 cm³/mol. The first kappa shape index (κ1) is 9.38. The number of aliphatic imine (C=N–C) groups is 1. The fourth-order valence-electron chi connectivity index (χ4n) is 0.966. The van der Waals surface area contributed by atoms with Crippen LogP contribution >= 0.6 is 0 Å². The Kier molecular flexibility index (Phi) is 3.14. The first-order valence-electron chi connectivity index (χ1n) is 3.84. The lowest BCUT2D eigenvalue weighted by Gasteiger charge is -1.98. The standard InChI is InChI=1S/C9H10N2O2/c1-10-5-4-7-2-3-9(12)8(6-7)11-13/h2-3,5-6,12H,4H2,1H3. The maximum atomic E-state index is 10.2. The Morgan fingerprint density at radius 2 is 2.31 bits per heavy atom. The van der Waals surface area contributed by atoms with E-state index in [9.17, 15) is 4.91 Å². The number of nitrogens with zero attached hydrogens (tertiary/aromatic N) is 2. The first-order chi connectivity index (χ1) is 6.27. The van der Waals surface area contributed by atoms with Crippen LogP contribution in [0.15, 0.2) is 28.4 Å². The topological polar surface area (TPSA) is 62.0 Å². The molecule has 0 bridgehead atoms. The minimum absolute atomic E-state index is 0.0713. The van der Waals surface area contributed by atoms with E-state index in [4.69, 9.17) is 5.11 Å². The molecule has 0 saturated carbocycles. The van der Waals surface area contributed by atoms with Crippen LogP contribution in [0.25, 0.3) is 0 Å². The summed E-state index contributed by atoms with van der Waals surface area (Å²) in [6, 6.07) is 4.73. The lowest BCUT2D eigenvalue weighted by atomic mass is 10.1. The van der Waals surface area contributed by atoms with Gasteiger partial charge >= 0.3 is 0 Å². The van der Waals surface area contributed by atoms with Gasteiger partial charge in [-0.25, -0.2) is 0 Å². The normalized spacial score (nSPS) is 10.5. The van der Waals surface area contributed by atoms with Crippen LogP contribution in [0.3, 0.4) is 0 Å². The van der Waals surface area contributed by atoms with Crippen LogP contribution in [0, 0.1) is 4.91 Å². The minimum Gasteiger partial charge on any atom is -0.506 e. The first-order valence-corrected chi connectivity index (χ1v) is 3.84. The predicted octanol–water partition coefficient (Wildman–Crippen LogP) is 2.03. The van der Waals surface area contributed by atoms with Gasteiger partial charge in [-0.2, -0.15) is 0 Å². The molecule has 0 aromatic heterocycles. The maximum Gasteiger partial charge on any atom is 0.149 e. The number of aromatic hydroxyl groups is 1. The third kappa shape index (κ3) is 2.37. The highest BCUT2D eigenvalue weighted by Gasteiger charge is 2.01. The molecule has 1 N–H and O–H groups in total. The summed E-state index contributed by atoms with van der Waals surface area (Å²) in [5.74, 6) is -0.0906. The molecule has 0 aliphatic carbocycles. The molecule has 0 heterocycles. The van der Waals surface area contributed by atoms with Gasteiger partial charge in [0, 0.05) is 19.7 Å². The van der Waals surface area contributed by atoms with Gasteiger partial charge in [0.25, 0.3) is 0 Å². The Hall–Kier alpha value is -1.71. The molecule has 0 unspecified atom stereocenters. The largest absolute Gasteiger partial charge is 0.506 e. The summed E-state index contributed by atoms with van der Waals surface area (Å²) in [5, 5.41) is 11.8. The molecule has 0 radical (unpaired) electrons. The zero-order chi connectivity index (χ0) is 9.68. The molecule has 13 heavy (non-hydrogen) atoms. The van der Waals surface area contributed by atoms with Gasteiger partial charge in [-0.05, 0) is 22.9 Å². The van der Waals surface area contributed by atoms with Crippen molar-refractivity contribution in [1.29, 1.82) is 0 Å². The third-order valence-electron chi connectivity index (χ3n) is 1.65. The molecule has 0 saturated heterocycles. The summed E-state index contributed by atoms with van der Waals surface area (Å²) in [5.41, 5.74) is 0.972. The zero-order valence-electron chi connectivity index (χ0n) is 7.27. The van der Waals surface area contributed by atoms with Gasteiger partial charge in [-0.1, -0.05) is 6.07 Å². The van der Waals surface area contributed by atoms with E-state index in [0.29, 0.717) is 6.42 Å². The average Bonchev–Trinajstić information content (AvgIpc) is 2.16. The number of hydrogen-bond acceptors (Lipinski definition) is 4. The zero-order valence-corrected chi connectivity index (χ0v) is 7.27. The maximum absolute atomic E-state index is 10.2. The monoisotopic (exact) mass is 178 g/mol. The second-order valence-electron chi connectivity index (χ2n) is 2.56. The van der Waals surface area contributed by atoms with Crippen molar-refractivity contribution in [3.8, 4) is 5.75 Å². The van der Waals surface area contributed by atoms with Crippen molar-refractivity contribution in [3.63, 3.8) is 0 Å². The van der Waals surface area contributed by atoms with Crippen LogP contribution in [0.4, 0.5) is 5.69 Å². The molecule has 0 fully saturated rings. The highest BCUT2D eigenvalue weighted by atomic mass is 16.3. The SMILES string of the molecule is CN=CCc1ccc(O)c(N=O)c1. The minimum atomic E-state index is -0.0906. The molecule has 1 aromatic rings. The highest BCUT2D eigenvalue weighted by Crippen LogP contribution is 2.26. The smallest absolute Gasteiger partial charge is 0.149 e. The van der Waals surface area contributed by atoms with Gasteiger partial charge in [0.2, 0.25) is 0 Å². The van der Waals surface area contributed by atoms with Crippen molar-refractivity contribution in [2.24, 2.45) is 10.2 Å². The summed E-state index contributed by atoms with van der Waals surface area (Å²) < 4.78 is 0. The molecule has 0 amide bonds. The number of phenols is 1. The number of rotatable bonds is 3. The van der Waals surface area contributed by atoms with Crippen molar-refractivity contribution < 1.29 is 5.11 Å². The molecule has 4 nitrogen and oxygen atoms in total. The third-order valence-corrected chi connectivity index (χ3v) is 1.65. The molecule has 1 aromatic carbocycles. The van der Waals surface area contributed by atoms with E-state index < -0.39 is 0 Å². The van der Waals surface area contributed by atoms with E-state index in [1.807, 2.05) is 0 Å². The second kappa shape index (κ2) is 4.35. The highest BCUT2D eigenvalue weighted by molar-refractivity contribution is 5.63. The van der Waals surface area contributed by atoms with Crippen molar-refractivity contribution in [2.45, 2.75) is 6.42 Å². The molecule has 0 aliphatic heterocycles. The summed E-state index contributed by atoms with van der Waals surface area (Å²) in [6.07, 6.45) is 2.36. The molecule has 4 heteroatoms. The van der Waals surface area contributed by atoms with Gasteiger partial charge in [0.15, 0.2) is 0 Å². The number of nitroso groups, excluding NO2 is 1. The van der Waals surface area contributed by atoms with Gasteiger partial charge in [-0.15, -0.1) is 4.91 Å². The van der Waals surface area contributed by atoms with Crippen molar-refractivity contribution in [2.75, 3.05) is 7.05 Å². The Balaban J connectivity index is 2.92. The molecule has 0 spiro atoms. The van der Waals surface area contributed by atoms with Crippen LogP contribution in [-0.2, 0) is 6.42 Å². The van der Waals surface area contributed by atoms with E-state index in [0.717, 1.165) is 5.56 Å². The Morgan fingerprint density at radius 1 is 1.54 bits per heavy atom. The molecule has 0 aliphatic rings. The van der Waals surface area contributed by atoms with Crippen molar-refractivity contribution in [3.05, 3.63) is 28.7 Å². The van der Waals surface area contributed by atoms with Crippen LogP contribution in [0.2, 0.25) is 0 Å². The summed E-state index contributed by atoms with van der Waals surface area (Å²) >= 11 is 0. The van der Waals surface area contributed by atoms with Gasteiger partial charge < -0.3 is 10.1 Å². The Bertz CT molecular complexity index is 334. The lowest BCUT2D eigenvalue weighted by Crippen LogP contribution is -1.85. The second-order valence-corrected chi connectivity index (χ2v) is 2.56. The van der Waals surface area contributed by atoms with Crippen LogP contribution in [0.1, 0.15) is 5.56 Å². The van der Waals surface area contributed by atoms with E-state index in [1.54, 1.807) is 25.4 Å². The van der Waals surface area contributed by atoms with Crippen LogP contribution in [-0.4, -0.2) is 18.4 Å². The quantitative estimate of drug-likeness (QED) is 0.568. The Morgan fingerprint density at radius 3 is 2.92 bits per heavy atom. The molecule has 1 rings (SSSR count). The number of hydrogen-bond donors (Lipinski definition) is 1. The van der Waals surface area contributed by atoms with E-state index in [2.05, 4.69) is 10.2 Å². The van der Waals surface area contributed by atoms with Crippen molar-refractivity contribution in [1.82, 2.24) is 0 Å². The summed E-state index contributed by atoms with van der Waals surface area (Å²) in [7, 11) is 1.68. The molecular weight excluding hydrogens is 168 g/mol. The van der Waals surface area contributed by atoms with E-state index in [1.165, 1.54) is 6.07 Å². The fourth-order valence-corrected chi connectivity index (χ4v) is 0.966. The van der Waals surface area contributed by atoms with Crippen molar-refractivity contribution >= 4 is 11.9 Å². The summed E-state index contributed by atoms with van der Waals surface area (Å²) in [4.78, 5) is 14.0. The van der Waals surface area contributed by atoms with Gasteiger partial charge in [-0.3, -0.25) is 0 Å². The summed E-state index contributed by atoms with van der Waals surface area (Å²) in [6.45, 7) is 0. The fraction of sp³-hybridized carbons (Fsp3) is 0.222. The number of benzene rings is 1. The average molecular weight is 178 g/mol. The van der Waals surface area contributed by atoms with Gasteiger partial charge in [0.1, 0.15) is 11.4 Å². The van der Waals surface area contributed by atoms with E-state index >= 15 is 0 Å². The molecule has 68 valence electrons. The van der Waals surface area contributed by atoms with E-state index in [-0.39, 0.29) is 11.4 Å². The van der Waals surface area contributed by atoms with Crippen LogP contribution in [0.5, 0.6) is 5.75 Å². The molecular formula is C9H10N2O2. The number of phenolic OH excluding ortho intramolecular Hbond substituents is 1.